The first-order valence-electron chi connectivity index (χ1n) is 4.42. The van der Waals surface area contributed by atoms with Gasteiger partial charge in [-0.3, -0.25) is 0 Å². The molecule has 0 aliphatic carbocycles. The quantitative estimate of drug-likeness (QED) is 0.725. The predicted molar refractivity (Wildman–Crippen MR) is 86.8 cm³/mol. The largest absolute Gasteiger partial charge is 0.339 e. The standard InChI is InChI=1S/C6H9BrN2.C3H3BrN2.3CH4/c1-5(2)9-3-6(7)8-4-9;4-3-1-5-2-6-3;;;/h3-5H,1-2H3;1-2H,(H,5,6);3*1H4. The molecule has 0 aliphatic heterocycles. The molecule has 0 aromatic carbocycles. The van der Waals surface area contributed by atoms with Crippen molar-refractivity contribution in [2.75, 3.05) is 0 Å². The van der Waals surface area contributed by atoms with E-state index in [0.717, 1.165) is 9.21 Å². The fraction of sp³-hybridized carbons (Fsp3) is 0.500. The molecular weight excluding hydrogens is 360 g/mol. The minimum atomic E-state index is 0. The van der Waals surface area contributed by atoms with Gasteiger partial charge in [0, 0.05) is 12.2 Å². The molecule has 106 valence electrons. The van der Waals surface area contributed by atoms with Crippen molar-refractivity contribution >= 4 is 31.9 Å². The highest BCUT2D eigenvalue weighted by Gasteiger charge is 1.96. The molecule has 2 rings (SSSR count). The van der Waals surface area contributed by atoms with E-state index >= 15 is 0 Å². The monoisotopic (exact) mass is 382 g/mol. The zero-order valence-electron chi connectivity index (χ0n) is 8.48. The van der Waals surface area contributed by atoms with Gasteiger partial charge in [0.25, 0.3) is 0 Å². The fourth-order valence-electron chi connectivity index (χ4n) is 0.833. The number of hydrogen-bond acceptors (Lipinski definition) is 2. The van der Waals surface area contributed by atoms with E-state index in [1.807, 2.05) is 17.1 Å². The Balaban J connectivity index is -0.000000225. The van der Waals surface area contributed by atoms with Crippen molar-refractivity contribution in [3.8, 4) is 0 Å². The van der Waals surface area contributed by atoms with Crippen molar-refractivity contribution in [3.63, 3.8) is 0 Å². The Labute approximate surface area is 128 Å². The number of aromatic amines is 1. The summed E-state index contributed by atoms with van der Waals surface area (Å²) < 4.78 is 3.86. The number of nitrogens with one attached hydrogen (secondary N) is 1. The van der Waals surface area contributed by atoms with Crippen LogP contribution in [0.3, 0.4) is 0 Å². The Morgan fingerprint density at radius 3 is 2.00 bits per heavy atom. The number of H-pyrrole nitrogens is 1. The highest BCUT2D eigenvalue weighted by atomic mass is 79.9. The van der Waals surface area contributed by atoms with Gasteiger partial charge in [-0.25, -0.2) is 9.97 Å². The highest BCUT2D eigenvalue weighted by molar-refractivity contribution is 9.10. The van der Waals surface area contributed by atoms with Gasteiger partial charge in [0.2, 0.25) is 0 Å². The van der Waals surface area contributed by atoms with Crippen LogP contribution in [0.5, 0.6) is 0 Å². The molecule has 4 nitrogen and oxygen atoms in total. The first-order chi connectivity index (χ1) is 7.09. The molecule has 0 unspecified atom stereocenters. The summed E-state index contributed by atoms with van der Waals surface area (Å²) in [5, 5.41) is 0. The summed E-state index contributed by atoms with van der Waals surface area (Å²) in [5.74, 6) is 0. The maximum absolute atomic E-state index is 4.02. The topological polar surface area (TPSA) is 46.5 Å². The molecule has 0 fully saturated rings. The lowest BCUT2D eigenvalue weighted by Crippen LogP contribution is -1.95. The van der Waals surface area contributed by atoms with Crippen LogP contribution in [0, 0.1) is 0 Å². The number of nitrogens with zero attached hydrogens (tertiary/aromatic N) is 3. The Kier molecular flexibility index (Phi) is 14.4. The van der Waals surface area contributed by atoms with Gasteiger partial charge in [-0.05, 0) is 45.7 Å². The maximum Gasteiger partial charge on any atom is 0.124 e. The molecule has 0 amide bonds. The molecule has 0 aliphatic rings. The van der Waals surface area contributed by atoms with E-state index in [9.17, 15) is 0 Å². The molecule has 0 radical (unpaired) electrons. The smallest absolute Gasteiger partial charge is 0.124 e. The van der Waals surface area contributed by atoms with Crippen molar-refractivity contribution < 1.29 is 0 Å². The second-order valence-electron chi connectivity index (χ2n) is 3.14. The molecule has 6 heteroatoms. The van der Waals surface area contributed by atoms with Crippen molar-refractivity contribution in [3.05, 3.63) is 34.3 Å². The van der Waals surface area contributed by atoms with Crippen LogP contribution in [-0.2, 0) is 0 Å². The van der Waals surface area contributed by atoms with Gasteiger partial charge in [-0.2, -0.15) is 0 Å². The van der Waals surface area contributed by atoms with Crippen LogP contribution in [0.1, 0.15) is 42.2 Å². The van der Waals surface area contributed by atoms with Gasteiger partial charge in [0.05, 0.1) is 18.9 Å². The average molecular weight is 384 g/mol. The molecule has 2 heterocycles. The third kappa shape index (κ3) is 8.47. The third-order valence-electron chi connectivity index (χ3n) is 1.63. The summed E-state index contributed by atoms with van der Waals surface area (Å²) in [4.78, 5) is 10.5. The van der Waals surface area contributed by atoms with Crippen LogP contribution in [0.25, 0.3) is 0 Å². The van der Waals surface area contributed by atoms with Crippen LogP contribution < -0.4 is 0 Å². The summed E-state index contributed by atoms with van der Waals surface area (Å²) in [7, 11) is 0. The van der Waals surface area contributed by atoms with Crippen LogP contribution in [0.4, 0.5) is 0 Å². The summed E-state index contributed by atoms with van der Waals surface area (Å²) >= 11 is 6.43. The number of hydrogen-bond donors (Lipinski definition) is 1. The molecule has 0 atom stereocenters. The summed E-state index contributed by atoms with van der Waals surface area (Å²) in [5.41, 5.74) is 0. The van der Waals surface area contributed by atoms with E-state index in [2.05, 4.69) is 60.7 Å². The molecular formula is C12H24Br2N4. The molecule has 0 saturated heterocycles. The van der Waals surface area contributed by atoms with Crippen LogP contribution in [0.2, 0.25) is 0 Å². The van der Waals surface area contributed by atoms with E-state index in [1.54, 1.807) is 12.5 Å². The lowest BCUT2D eigenvalue weighted by molar-refractivity contribution is 0.599. The minimum Gasteiger partial charge on any atom is -0.339 e. The van der Waals surface area contributed by atoms with Gasteiger partial charge in [0.15, 0.2) is 0 Å². The molecule has 2 aromatic rings. The lowest BCUT2D eigenvalue weighted by atomic mass is 10.4. The molecule has 1 N–H and O–H groups in total. The molecule has 0 spiro atoms. The summed E-state index contributed by atoms with van der Waals surface area (Å²) in [6.45, 7) is 4.24. The minimum absolute atomic E-state index is 0. The first kappa shape index (κ1) is 22.6. The molecule has 0 saturated carbocycles. The van der Waals surface area contributed by atoms with Crippen molar-refractivity contribution in [2.24, 2.45) is 0 Å². The Morgan fingerprint density at radius 1 is 1.22 bits per heavy atom. The summed E-state index contributed by atoms with van der Waals surface area (Å²) in [6, 6.07) is 0.504. The predicted octanol–water partition coefficient (Wildman–Crippen LogP) is 5.31. The van der Waals surface area contributed by atoms with E-state index in [1.165, 1.54) is 0 Å². The normalized spacial score (nSPS) is 8.28. The fourth-order valence-corrected chi connectivity index (χ4v) is 1.38. The Bertz CT molecular complexity index is 382. The number of rotatable bonds is 1. The number of imidazole rings is 2. The SMILES string of the molecule is Brc1cnc[nH]1.C.C.C.CC(C)n1cnc(Br)c1. The van der Waals surface area contributed by atoms with E-state index < -0.39 is 0 Å². The van der Waals surface area contributed by atoms with Gasteiger partial charge < -0.3 is 9.55 Å². The molecule has 18 heavy (non-hydrogen) atoms. The molecule has 0 bridgehead atoms. The Morgan fingerprint density at radius 2 is 1.83 bits per heavy atom. The van der Waals surface area contributed by atoms with Crippen LogP contribution in [-0.4, -0.2) is 19.5 Å². The second kappa shape index (κ2) is 11.5. The van der Waals surface area contributed by atoms with E-state index in [0.29, 0.717) is 6.04 Å². The number of aromatic nitrogens is 4. The first-order valence-corrected chi connectivity index (χ1v) is 6.01. The van der Waals surface area contributed by atoms with Crippen LogP contribution >= 0.6 is 31.9 Å². The van der Waals surface area contributed by atoms with E-state index in [-0.39, 0.29) is 22.3 Å². The Hall–Kier alpha value is -0.620. The number of halogens is 2. The zero-order valence-corrected chi connectivity index (χ0v) is 11.7. The average Bonchev–Trinajstić information content (AvgIpc) is 2.77. The van der Waals surface area contributed by atoms with E-state index in [4.69, 9.17) is 0 Å². The van der Waals surface area contributed by atoms with Gasteiger partial charge in [-0.15, -0.1) is 0 Å². The van der Waals surface area contributed by atoms with Gasteiger partial charge in [-0.1, -0.05) is 22.3 Å². The third-order valence-corrected chi connectivity index (χ3v) is 2.47. The van der Waals surface area contributed by atoms with Crippen molar-refractivity contribution in [2.45, 2.75) is 42.2 Å². The molecule has 2 aromatic heterocycles. The van der Waals surface area contributed by atoms with Crippen LogP contribution in [0.15, 0.2) is 34.3 Å². The summed E-state index contributed by atoms with van der Waals surface area (Å²) in [6.07, 6.45) is 7.09. The van der Waals surface area contributed by atoms with Gasteiger partial charge >= 0.3 is 0 Å². The van der Waals surface area contributed by atoms with Gasteiger partial charge in [0.1, 0.15) is 9.21 Å². The second-order valence-corrected chi connectivity index (χ2v) is 4.80. The van der Waals surface area contributed by atoms with Crippen molar-refractivity contribution in [1.29, 1.82) is 0 Å². The zero-order chi connectivity index (χ0) is 11.3. The maximum atomic E-state index is 4.02. The lowest BCUT2D eigenvalue weighted by Gasteiger charge is -2.02. The van der Waals surface area contributed by atoms with Crippen molar-refractivity contribution in [1.82, 2.24) is 19.5 Å². The highest BCUT2D eigenvalue weighted by Crippen LogP contribution is 2.09.